The van der Waals surface area contributed by atoms with E-state index in [2.05, 4.69) is 21.7 Å². The number of nitrogens with zero attached hydrogens (tertiary/aromatic N) is 4. The first kappa shape index (κ1) is 30.6. The number of fused-ring (bicyclic) bond motifs is 1. The zero-order valence-electron chi connectivity index (χ0n) is 24.8. The maximum absolute atomic E-state index is 13.7. The van der Waals surface area contributed by atoms with Crippen molar-refractivity contribution in [1.29, 1.82) is 0 Å². The number of carboxylic acids is 1. The van der Waals surface area contributed by atoms with Gasteiger partial charge in [-0.1, -0.05) is 19.4 Å². The second-order valence-corrected chi connectivity index (χ2v) is 11.2. The highest BCUT2D eigenvalue weighted by Gasteiger charge is 2.47. The van der Waals surface area contributed by atoms with Gasteiger partial charge in [-0.2, -0.15) is 0 Å². The Morgan fingerprint density at radius 2 is 1.95 bits per heavy atom. The number of rotatable bonds is 15. The number of unbranched alkanes of at least 4 members (excludes halogenated alkanes) is 1. The number of aromatic nitrogens is 1. The van der Waals surface area contributed by atoms with Crippen LogP contribution < -0.4 is 14.2 Å². The molecule has 4 rings (SSSR count). The Morgan fingerprint density at radius 1 is 1.15 bits per heavy atom. The van der Waals surface area contributed by atoms with E-state index in [4.69, 9.17) is 14.2 Å². The molecule has 3 heterocycles. The number of likely N-dealkylation sites (tertiary alicyclic amines) is 1. The van der Waals surface area contributed by atoms with Crippen molar-refractivity contribution in [3.05, 3.63) is 47.8 Å². The van der Waals surface area contributed by atoms with Crippen LogP contribution in [-0.2, 0) is 16.0 Å². The van der Waals surface area contributed by atoms with Crippen LogP contribution in [0, 0.1) is 5.92 Å². The number of aliphatic carboxylic acids is 1. The third-order valence-electron chi connectivity index (χ3n) is 8.07. The van der Waals surface area contributed by atoms with Gasteiger partial charge in [0.2, 0.25) is 18.4 Å². The SMILES string of the molecule is CCCCN(CCCN(C)C)C(=O)CN1C[C@H](c2cc(OC)c3c(c2)OCO3)[C@@H](C(=O)O)[C@@H]1CCc1ccccn1. The first-order valence-corrected chi connectivity index (χ1v) is 14.6. The zero-order chi connectivity index (χ0) is 29.4. The number of methoxy groups -OCH3 is 1. The summed E-state index contributed by atoms with van der Waals surface area (Å²) in [6, 6.07) is 9.14. The molecule has 1 fully saturated rings. The van der Waals surface area contributed by atoms with E-state index in [1.807, 2.05) is 49.3 Å². The molecule has 224 valence electrons. The number of benzene rings is 1. The van der Waals surface area contributed by atoms with Crippen LogP contribution in [0.4, 0.5) is 0 Å². The van der Waals surface area contributed by atoms with Crippen molar-refractivity contribution in [3.63, 3.8) is 0 Å². The van der Waals surface area contributed by atoms with Crippen LogP contribution in [-0.4, -0.2) is 103 Å². The van der Waals surface area contributed by atoms with Crippen molar-refractivity contribution in [3.8, 4) is 17.2 Å². The number of carbonyl (C=O) groups is 2. The predicted octanol–water partition coefficient (Wildman–Crippen LogP) is 3.50. The lowest BCUT2D eigenvalue weighted by Crippen LogP contribution is -2.45. The van der Waals surface area contributed by atoms with E-state index in [0.29, 0.717) is 49.7 Å². The molecule has 1 aromatic heterocycles. The van der Waals surface area contributed by atoms with Gasteiger partial charge in [0.15, 0.2) is 11.5 Å². The van der Waals surface area contributed by atoms with Gasteiger partial charge in [0, 0.05) is 43.5 Å². The molecule has 0 radical (unpaired) electrons. The number of carbonyl (C=O) groups excluding carboxylic acids is 1. The summed E-state index contributed by atoms with van der Waals surface area (Å²) in [6.45, 7) is 5.14. The van der Waals surface area contributed by atoms with Crippen molar-refractivity contribution < 1.29 is 28.9 Å². The second-order valence-electron chi connectivity index (χ2n) is 11.2. The van der Waals surface area contributed by atoms with E-state index in [1.54, 1.807) is 13.3 Å². The Hall–Kier alpha value is -3.37. The third kappa shape index (κ3) is 7.68. The molecular formula is C31H44N4O6. The lowest BCUT2D eigenvalue weighted by Gasteiger charge is -2.30. The molecule has 0 bridgehead atoms. The summed E-state index contributed by atoms with van der Waals surface area (Å²) in [4.78, 5) is 37.2. The molecule has 1 N–H and O–H groups in total. The summed E-state index contributed by atoms with van der Waals surface area (Å²) in [5.41, 5.74) is 1.72. The number of ether oxygens (including phenoxy) is 3. The van der Waals surface area contributed by atoms with Crippen LogP contribution in [0.1, 0.15) is 49.8 Å². The van der Waals surface area contributed by atoms with Crippen molar-refractivity contribution >= 4 is 11.9 Å². The Kier molecular flexibility index (Phi) is 10.8. The molecule has 3 atom stereocenters. The van der Waals surface area contributed by atoms with E-state index in [1.165, 1.54) is 0 Å². The molecule has 0 saturated carbocycles. The van der Waals surface area contributed by atoms with Crippen LogP contribution >= 0.6 is 0 Å². The standard InChI is InChI=1S/C31H44N4O6/c1-5-6-15-34(16-9-14-33(2)3)28(36)20-35-19-24(22-17-26(39-4)30-27(18-22)40-21-41-30)29(31(37)38)25(35)12-11-23-10-7-8-13-32-23/h7-8,10,13,17-18,24-25,29H,5-6,9,11-12,14-16,19-21H2,1-4H3,(H,37,38)/t24-,25+,29-/m1/s1. The molecular weight excluding hydrogens is 524 g/mol. The summed E-state index contributed by atoms with van der Waals surface area (Å²) in [5.74, 6) is -0.289. The summed E-state index contributed by atoms with van der Waals surface area (Å²) < 4.78 is 16.8. The molecule has 0 spiro atoms. The van der Waals surface area contributed by atoms with Crippen LogP contribution in [0.5, 0.6) is 17.2 Å². The Balaban J connectivity index is 1.61. The molecule has 1 amide bonds. The van der Waals surface area contributed by atoms with E-state index in [9.17, 15) is 14.7 Å². The summed E-state index contributed by atoms with van der Waals surface area (Å²) in [6.07, 6.45) is 5.79. The topological polar surface area (TPSA) is 105 Å². The minimum Gasteiger partial charge on any atom is -0.493 e. The fourth-order valence-corrected chi connectivity index (χ4v) is 5.96. The van der Waals surface area contributed by atoms with Crippen LogP contribution in [0.2, 0.25) is 0 Å². The zero-order valence-corrected chi connectivity index (χ0v) is 24.8. The number of carboxylic acid groups (broad SMARTS) is 1. The van der Waals surface area contributed by atoms with Crippen LogP contribution in [0.3, 0.4) is 0 Å². The monoisotopic (exact) mass is 568 g/mol. The maximum Gasteiger partial charge on any atom is 0.308 e. The Bertz CT molecular complexity index is 1160. The Morgan fingerprint density at radius 3 is 2.63 bits per heavy atom. The van der Waals surface area contributed by atoms with Crippen molar-refractivity contribution in [1.82, 2.24) is 19.7 Å². The average molecular weight is 569 g/mol. The van der Waals surface area contributed by atoms with Crippen molar-refractivity contribution in [2.75, 3.05) is 60.7 Å². The third-order valence-corrected chi connectivity index (χ3v) is 8.07. The molecule has 2 aliphatic rings. The molecule has 41 heavy (non-hydrogen) atoms. The molecule has 1 aromatic carbocycles. The quantitative estimate of drug-likeness (QED) is 0.346. The van der Waals surface area contributed by atoms with Gasteiger partial charge in [-0.05, 0) is 76.2 Å². The smallest absolute Gasteiger partial charge is 0.308 e. The average Bonchev–Trinajstić information content (AvgIpc) is 3.58. The molecule has 0 unspecified atom stereocenters. The number of hydrogen-bond donors (Lipinski definition) is 1. The number of amides is 1. The largest absolute Gasteiger partial charge is 0.493 e. The lowest BCUT2D eigenvalue weighted by atomic mass is 9.83. The summed E-state index contributed by atoms with van der Waals surface area (Å²) in [5, 5.41) is 10.5. The van der Waals surface area contributed by atoms with Crippen molar-refractivity contribution in [2.45, 2.75) is 51.0 Å². The van der Waals surface area contributed by atoms with Gasteiger partial charge in [-0.3, -0.25) is 19.5 Å². The van der Waals surface area contributed by atoms with Gasteiger partial charge in [0.05, 0.1) is 19.6 Å². The maximum atomic E-state index is 13.7. The molecule has 10 heteroatoms. The molecule has 0 aliphatic carbocycles. The summed E-state index contributed by atoms with van der Waals surface area (Å²) >= 11 is 0. The van der Waals surface area contributed by atoms with Gasteiger partial charge in [0.25, 0.3) is 0 Å². The van der Waals surface area contributed by atoms with E-state index in [0.717, 1.165) is 37.1 Å². The fourth-order valence-electron chi connectivity index (χ4n) is 5.96. The van der Waals surface area contributed by atoms with Gasteiger partial charge in [-0.25, -0.2) is 0 Å². The first-order chi connectivity index (χ1) is 19.8. The number of hydrogen-bond acceptors (Lipinski definition) is 8. The minimum atomic E-state index is -0.874. The predicted molar refractivity (Wildman–Crippen MR) is 156 cm³/mol. The van der Waals surface area contributed by atoms with Crippen LogP contribution in [0.25, 0.3) is 0 Å². The summed E-state index contributed by atoms with van der Waals surface area (Å²) in [7, 11) is 5.63. The van der Waals surface area contributed by atoms with Gasteiger partial charge in [-0.15, -0.1) is 0 Å². The van der Waals surface area contributed by atoms with E-state index < -0.39 is 11.9 Å². The Labute approximate surface area is 243 Å². The normalized spacial score (nSPS) is 20.0. The molecule has 10 nitrogen and oxygen atoms in total. The van der Waals surface area contributed by atoms with E-state index >= 15 is 0 Å². The van der Waals surface area contributed by atoms with E-state index in [-0.39, 0.29) is 31.2 Å². The number of aryl methyl sites for hydroxylation is 1. The highest BCUT2D eigenvalue weighted by Crippen LogP contribution is 2.47. The highest BCUT2D eigenvalue weighted by atomic mass is 16.7. The first-order valence-electron chi connectivity index (χ1n) is 14.6. The van der Waals surface area contributed by atoms with Gasteiger partial charge < -0.3 is 29.1 Å². The van der Waals surface area contributed by atoms with Gasteiger partial charge in [0.1, 0.15) is 0 Å². The fraction of sp³-hybridized carbons (Fsp3) is 0.581. The number of pyridine rings is 1. The lowest BCUT2D eigenvalue weighted by molar-refractivity contribution is -0.143. The molecule has 1 saturated heterocycles. The van der Waals surface area contributed by atoms with Gasteiger partial charge >= 0.3 is 5.97 Å². The van der Waals surface area contributed by atoms with Crippen molar-refractivity contribution in [2.24, 2.45) is 5.92 Å². The molecule has 2 aromatic rings. The molecule has 2 aliphatic heterocycles. The highest BCUT2D eigenvalue weighted by molar-refractivity contribution is 5.79. The van der Waals surface area contributed by atoms with Crippen LogP contribution in [0.15, 0.2) is 36.5 Å². The second kappa shape index (κ2) is 14.5. The minimum absolute atomic E-state index is 0.0492.